The van der Waals surface area contributed by atoms with Crippen molar-refractivity contribution in [2.24, 2.45) is 5.10 Å². The predicted molar refractivity (Wildman–Crippen MR) is 136 cm³/mol. The zero-order valence-electron chi connectivity index (χ0n) is 19.5. The molecular formula is C26H29N3O4S. The van der Waals surface area contributed by atoms with Gasteiger partial charge in [0.1, 0.15) is 17.5 Å². The van der Waals surface area contributed by atoms with Crippen molar-refractivity contribution < 1.29 is 17.9 Å². The van der Waals surface area contributed by atoms with Crippen molar-refractivity contribution in [2.45, 2.75) is 32.7 Å². The van der Waals surface area contributed by atoms with Gasteiger partial charge in [-0.1, -0.05) is 48.5 Å². The van der Waals surface area contributed by atoms with E-state index in [1.54, 1.807) is 24.3 Å². The summed E-state index contributed by atoms with van der Waals surface area (Å²) in [6.45, 7) is 3.35. The Hall–Kier alpha value is -3.65. The smallest absolute Gasteiger partial charge is 0.263 e. The van der Waals surface area contributed by atoms with E-state index in [2.05, 4.69) is 10.5 Å². The van der Waals surface area contributed by atoms with Gasteiger partial charge in [0.05, 0.1) is 11.9 Å². The van der Waals surface area contributed by atoms with E-state index in [0.717, 1.165) is 22.7 Å². The lowest BCUT2D eigenvalue weighted by Gasteiger charge is -2.27. The van der Waals surface area contributed by atoms with Crippen molar-refractivity contribution in [1.29, 1.82) is 0 Å². The number of benzene rings is 3. The molecule has 1 N–H and O–H groups in total. The number of hydrogen-bond acceptors (Lipinski definition) is 5. The number of carbonyl (C=O) groups excluding carboxylic acids is 1. The Morgan fingerprint density at radius 1 is 0.941 bits per heavy atom. The first-order valence-electron chi connectivity index (χ1n) is 10.9. The summed E-state index contributed by atoms with van der Waals surface area (Å²) in [5, 5.41) is 4.15. The van der Waals surface area contributed by atoms with Crippen LogP contribution in [0.2, 0.25) is 0 Å². The molecule has 7 nitrogen and oxygen atoms in total. The van der Waals surface area contributed by atoms with Crippen LogP contribution in [-0.4, -0.2) is 32.3 Å². The molecule has 0 bridgehead atoms. The number of hydrogen-bond donors (Lipinski definition) is 1. The van der Waals surface area contributed by atoms with E-state index in [4.69, 9.17) is 4.74 Å². The van der Waals surface area contributed by atoms with Gasteiger partial charge < -0.3 is 4.74 Å². The van der Waals surface area contributed by atoms with Gasteiger partial charge in [0.25, 0.3) is 5.91 Å². The van der Waals surface area contributed by atoms with Crippen molar-refractivity contribution in [1.82, 2.24) is 5.43 Å². The average Bonchev–Trinajstić information content (AvgIpc) is 2.83. The van der Waals surface area contributed by atoms with Crippen LogP contribution in [0.25, 0.3) is 0 Å². The second-order valence-electron chi connectivity index (χ2n) is 7.95. The molecule has 8 heteroatoms. The maximum Gasteiger partial charge on any atom is 0.263 e. The van der Waals surface area contributed by atoms with Crippen LogP contribution < -0.4 is 14.5 Å². The molecule has 0 heterocycles. The van der Waals surface area contributed by atoms with Gasteiger partial charge in [-0.2, -0.15) is 5.10 Å². The Morgan fingerprint density at radius 3 is 2.09 bits per heavy atom. The first-order valence-corrected chi connectivity index (χ1v) is 12.8. The molecule has 0 fully saturated rings. The largest absolute Gasteiger partial charge is 0.457 e. The number of hydrazone groups is 1. The number of sulfonamides is 1. The fourth-order valence-corrected chi connectivity index (χ4v) is 4.54. The number of aryl methyl sites for hydroxylation is 1. The van der Waals surface area contributed by atoms with Crippen LogP contribution >= 0.6 is 0 Å². The number of para-hydroxylation sites is 1. The fourth-order valence-electron chi connectivity index (χ4n) is 3.36. The summed E-state index contributed by atoms with van der Waals surface area (Å²) in [6.07, 6.45) is 2.55. The molecule has 0 aliphatic rings. The van der Waals surface area contributed by atoms with E-state index in [9.17, 15) is 13.2 Å². The van der Waals surface area contributed by atoms with Crippen LogP contribution in [0.3, 0.4) is 0 Å². The minimum Gasteiger partial charge on any atom is -0.457 e. The van der Waals surface area contributed by atoms with E-state index in [1.165, 1.54) is 12.5 Å². The number of nitrogens with one attached hydrogen (secondary N) is 1. The second kappa shape index (κ2) is 11.5. The molecule has 1 amide bonds. The van der Waals surface area contributed by atoms with Gasteiger partial charge in [-0.3, -0.25) is 9.10 Å². The van der Waals surface area contributed by atoms with Crippen molar-refractivity contribution in [2.75, 3.05) is 10.6 Å². The number of carbonyl (C=O) groups is 1. The molecule has 3 aromatic carbocycles. The molecule has 0 spiro atoms. The summed E-state index contributed by atoms with van der Waals surface area (Å²) < 4.78 is 31.9. The van der Waals surface area contributed by atoms with Crippen molar-refractivity contribution in [3.05, 3.63) is 90.5 Å². The first-order chi connectivity index (χ1) is 16.2. The number of nitrogens with zero attached hydrogens (tertiary/aromatic N) is 2. The molecule has 3 rings (SSSR count). The Balaban J connectivity index is 1.66. The van der Waals surface area contributed by atoms with Crippen LogP contribution in [-0.2, 0) is 21.2 Å². The number of anilines is 1. The van der Waals surface area contributed by atoms with Crippen LogP contribution in [0.15, 0.2) is 90.0 Å². The van der Waals surface area contributed by atoms with E-state index in [0.29, 0.717) is 23.6 Å². The molecule has 3 aromatic rings. The third-order valence-corrected chi connectivity index (χ3v) is 6.38. The molecule has 34 heavy (non-hydrogen) atoms. The molecule has 0 saturated carbocycles. The lowest BCUT2D eigenvalue weighted by atomic mass is 10.1. The first kappa shape index (κ1) is 25.0. The molecular weight excluding hydrogens is 450 g/mol. The monoisotopic (exact) mass is 479 g/mol. The van der Waals surface area contributed by atoms with Gasteiger partial charge in [0, 0.05) is 5.71 Å². The zero-order valence-corrected chi connectivity index (χ0v) is 20.3. The van der Waals surface area contributed by atoms with Crippen LogP contribution in [0, 0.1) is 0 Å². The summed E-state index contributed by atoms with van der Waals surface area (Å²) in [5.74, 6) is 0.705. The molecule has 0 radical (unpaired) electrons. The normalized spacial score (nSPS) is 12.6. The summed E-state index contributed by atoms with van der Waals surface area (Å²) in [5.41, 5.74) is 4.79. The highest BCUT2D eigenvalue weighted by atomic mass is 32.2. The van der Waals surface area contributed by atoms with Crippen LogP contribution in [0.1, 0.15) is 25.8 Å². The number of ether oxygens (including phenoxy) is 1. The maximum absolute atomic E-state index is 12.7. The topological polar surface area (TPSA) is 88.1 Å². The van der Waals surface area contributed by atoms with E-state index in [-0.39, 0.29) is 0 Å². The molecule has 0 aromatic heterocycles. The number of rotatable bonds is 10. The molecule has 0 aliphatic carbocycles. The van der Waals surface area contributed by atoms with Crippen molar-refractivity contribution >= 4 is 27.3 Å². The minimum atomic E-state index is -3.74. The molecule has 0 aliphatic heterocycles. The summed E-state index contributed by atoms with van der Waals surface area (Å²) >= 11 is 0. The molecule has 0 saturated heterocycles. The molecule has 0 unspecified atom stereocenters. The van der Waals surface area contributed by atoms with Crippen molar-refractivity contribution in [3.8, 4) is 11.5 Å². The van der Waals surface area contributed by atoms with Crippen molar-refractivity contribution in [3.63, 3.8) is 0 Å². The highest BCUT2D eigenvalue weighted by Crippen LogP contribution is 2.26. The third kappa shape index (κ3) is 7.18. The Kier molecular flexibility index (Phi) is 8.43. The quantitative estimate of drug-likeness (QED) is 0.335. The summed E-state index contributed by atoms with van der Waals surface area (Å²) in [4.78, 5) is 12.7. The van der Waals surface area contributed by atoms with Gasteiger partial charge >= 0.3 is 0 Å². The maximum atomic E-state index is 12.7. The third-order valence-electron chi connectivity index (χ3n) is 5.13. The van der Waals surface area contributed by atoms with E-state index in [1.807, 2.05) is 67.6 Å². The van der Waals surface area contributed by atoms with Gasteiger partial charge in [-0.25, -0.2) is 13.8 Å². The van der Waals surface area contributed by atoms with Gasteiger partial charge in [0.15, 0.2) is 0 Å². The predicted octanol–water partition coefficient (Wildman–Crippen LogP) is 4.76. The number of amides is 1. The second-order valence-corrected chi connectivity index (χ2v) is 9.81. The van der Waals surface area contributed by atoms with E-state index < -0.39 is 22.0 Å². The minimum absolute atomic E-state index is 0.357. The van der Waals surface area contributed by atoms with Gasteiger partial charge in [-0.05, 0) is 68.7 Å². The Bertz CT molecular complexity index is 1210. The Morgan fingerprint density at radius 2 is 1.50 bits per heavy atom. The highest BCUT2D eigenvalue weighted by molar-refractivity contribution is 7.92. The van der Waals surface area contributed by atoms with Crippen LogP contribution in [0.5, 0.6) is 11.5 Å². The molecule has 1 atom stereocenters. The highest BCUT2D eigenvalue weighted by Gasteiger charge is 2.29. The SMILES string of the molecule is C/C(CCc1ccccc1)=N/NC(=O)[C@H](C)N(c1ccc(Oc2ccccc2)cc1)S(C)(=O)=O. The molecule has 178 valence electrons. The fraction of sp³-hybridized carbons (Fsp3) is 0.231. The lowest BCUT2D eigenvalue weighted by molar-refractivity contribution is -0.121. The standard InChI is InChI=1S/C26H29N3O4S/c1-20(14-15-22-10-6-4-7-11-22)27-28-26(30)21(2)29(34(3,31)32)23-16-18-25(19-17-23)33-24-12-8-5-9-13-24/h4-13,16-19,21H,14-15H2,1-3H3,(H,28,30)/b27-20-/t21-/m0/s1. The van der Waals surface area contributed by atoms with Crippen LogP contribution in [0.4, 0.5) is 5.69 Å². The lowest BCUT2D eigenvalue weighted by Crippen LogP contribution is -2.46. The average molecular weight is 480 g/mol. The zero-order chi connectivity index (χ0) is 24.6. The van der Waals surface area contributed by atoms with E-state index >= 15 is 0 Å². The summed E-state index contributed by atoms with van der Waals surface area (Å²) in [7, 11) is -3.74. The summed E-state index contributed by atoms with van der Waals surface area (Å²) in [6, 6.07) is 24.8. The Labute approximate surface area is 201 Å². The van der Waals surface area contributed by atoms with Gasteiger partial charge in [0.2, 0.25) is 10.0 Å². The van der Waals surface area contributed by atoms with Gasteiger partial charge in [-0.15, -0.1) is 0 Å².